The first-order valence-electron chi connectivity index (χ1n) is 37.2. The van der Waals surface area contributed by atoms with Crippen molar-refractivity contribution in [1.29, 1.82) is 0 Å². The number of esters is 1. The number of amides is 5. The summed E-state index contributed by atoms with van der Waals surface area (Å²) in [7, 11) is 0. The van der Waals surface area contributed by atoms with E-state index in [0.717, 1.165) is 5.56 Å². The van der Waals surface area contributed by atoms with Gasteiger partial charge in [0.05, 0.1) is 90.9 Å². The van der Waals surface area contributed by atoms with Gasteiger partial charge in [-0.1, -0.05) is 18.6 Å². The third kappa shape index (κ3) is 87.2. The molecule has 6 atom stereocenters. The number of ether oxygens (including phenoxy) is 6. The number of aryl methyl sites for hydroxylation is 1. The topological polar surface area (TPSA) is 968 Å². The van der Waals surface area contributed by atoms with E-state index in [1.807, 2.05) is 16.0 Å². The summed E-state index contributed by atoms with van der Waals surface area (Å²) < 4.78 is 28.5. The number of rotatable bonds is 67. The van der Waals surface area contributed by atoms with Crippen molar-refractivity contribution < 1.29 is 226 Å². The predicted molar refractivity (Wildman–Crippen MR) is 407 cm³/mol. The Morgan fingerprint density at radius 1 is 0.326 bits per heavy atom. The quantitative estimate of drug-likeness (QED) is 0.0104. The van der Waals surface area contributed by atoms with Gasteiger partial charge in [-0.05, 0) is 108 Å². The molecule has 732 valence electrons. The van der Waals surface area contributed by atoms with E-state index < -0.39 is 201 Å². The van der Waals surface area contributed by atoms with Gasteiger partial charge in [0.15, 0.2) is 0 Å². The Kier molecular flexibility index (Phi) is 73.2. The number of carboxylic acids is 11. The van der Waals surface area contributed by atoms with Crippen molar-refractivity contribution in [3.05, 3.63) is 90.5 Å². The largest absolute Gasteiger partial charge is 0.481 e. The second-order valence-corrected chi connectivity index (χ2v) is 24.4. The fourth-order valence-electron chi connectivity index (χ4n) is 8.15. The van der Waals surface area contributed by atoms with Crippen LogP contribution in [0.3, 0.4) is 0 Å². The van der Waals surface area contributed by atoms with Gasteiger partial charge in [0.2, 0.25) is 5.91 Å². The molecule has 0 saturated heterocycles. The molecular weight excluding hydrogens is 1780 g/mol. The summed E-state index contributed by atoms with van der Waals surface area (Å²) in [5, 5.41) is 159. The molecule has 64 nitrogen and oxygen atoms in total. The third-order valence-corrected chi connectivity index (χ3v) is 14.2. The second kappa shape index (κ2) is 77.3. The zero-order valence-corrected chi connectivity index (χ0v) is 68.1. The first-order valence-corrected chi connectivity index (χ1v) is 37.2. The first-order chi connectivity index (χ1) is 60.5. The lowest BCUT2D eigenvalue weighted by Crippen LogP contribution is -2.42. The smallest absolute Gasteiger partial charge is 0.407 e. The van der Waals surface area contributed by atoms with E-state index in [4.69, 9.17) is 76.1 Å². The van der Waals surface area contributed by atoms with E-state index >= 15 is 0 Å². The SMILES string of the molecule is NC(CC(=O)O)C(=O)NCCCCO[N+](=O)[O-].O=C(O)CCC(CC(=O)Oc1ccc(CCCO[N+](=O)[O-])cc1)C(=O)O.O=C(O)CCC(NC(=O)OCCCCCCO[N+](=O)[O-])C(=O)O.O=C(O)CCC(NC(=O)OCCCCO[N+](=O)[O-])C(=O)O.O=C(O)CCC(NC(=O)OCCCO[N+](=O)[O-])C(=O)O.O=C(O)CCC(NC(=O)OCCOCCO[N+](=O)[O-])C(=O)O. The van der Waals surface area contributed by atoms with Gasteiger partial charge in [0, 0.05) is 45.1 Å². The fourth-order valence-corrected chi connectivity index (χ4v) is 8.15. The first kappa shape index (κ1) is 122. The number of carbonyl (C=O) groups excluding carboxylic acids is 6. The molecular formula is C65H100N12O52. The van der Waals surface area contributed by atoms with Crippen LogP contribution in [0.4, 0.5) is 19.2 Å². The van der Waals surface area contributed by atoms with Crippen molar-refractivity contribution in [3.8, 4) is 5.75 Å². The molecule has 5 amide bonds. The highest BCUT2D eigenvalue weighted by Gasteiger charge is 2.27. The number of nitrogens with two attached hydrogens (primary N) is 1. The molecule has 0 radical (unpaired) electrons. The molecule has 1 rings (SSSR count). The van der Waals surface area contributed by atoms with Crippen LogP contribution in [-0.4, -0.2) is 305 Å². The van der Waals surface area contributed by atoms with E-state index in [-0.39, 0.29) is 149 Å². The van der Waals surface area contributed by atoms with Crippen molar-refractivity contribution >= 4 is 102 Å². The summed E-state index contributed by atoms with van der Waals surface area (Å²) in [6, 6.07) is -0.121. The minimum absolute atomic E-state index is 0.0121. The van der Waals surface area contributed by atoms with Gasteiger partial charge in [-0.2, -0.15) is 0 Å². The van der Waals surface area contributed by atoms with Crippen LogP contribution in [0.15, 0.2) is 24.3 Å². The fraction of sp³-hybridized carbons (Fsp3) is 0.646. The van der Waals surface area contributed by atoms with E-state index in [1.165, 1.54) is 12.1 Å². The van der Waals surface area contributed by atoms with E-state index in [9.17, 15) is 142 Å². The molecule has 0 heterocycles. The number of carbonyl (C=O) groups is 17. The number of unbranched alkanes of at least 4 members (excludes halogenated alkanes) is 5. The summed E-state index contributed by atoms with van der Waals surface area (Å²) in [6.07, 6.45) is -3.23. The molecule has 129 heavy (non-hydrogen) atoms. The average molecular weight is 1880 g/mol. The average Bonchev–Trinajstić information content (AvgIpc) is 0.950. The standard InChI is InChI=1S/C16H19NO9.C12H20N2O9.C10H16N2O10.C10H16N2O9.C9H14N2O9.C8H15N3O6/c18-14(19)8-5-12(16(21)22)10-15(20)26-13-6-3-11(4-7-13)2-1-9-25-17(23)24;15-10(16)6-5-9(11(17)18)13-12(19)22-7-3-1-2-4-8-23-14(20)21;13-8(14)2-1-7(9(15)16)11-10(17)21-5-3-20-4-6-22-12(18)19;13-8(14)4-3-7(9(15)16)11-10(17)20-5-1-2-6-21-12(18)19;12-7(13)3-2-6(8(14)15)10-9(16)19-4-1-5-20-11(17)18;9-6(5-7(12)13)8(14)10-3-1-2-4-17-11(15)16/h3-4,6-7,12H,1-2,5,8-10H2,(H,18,19)(H,21,22);9H,1-8H2,(H,13,19)(H,15,16)(H,17,18);7H,1-6H2,(H,11,17)(H,13,14)(H,15,16);7H,1-6H2,(H,11,17)(H,13,14)(H,15,16);6H,1-5H2,(H,10,16)(H,12,13)(H,14,15);6H,1-5,9H2,(H,10,14)(H,12,13). The van der Waals surface area contributed by atoms with Gasteiger partial charge in [-0.3, -0.25) is 43.2 Å². The van der Waals surface area contributed by atoms with Crippen LogP contribution < -0.4 is 37.1 Å². The van der Waals surface area contributed by atoms with Gasteiger partial charge in [0.1, 0.15) is 43.1 Å². The Morgan fingerprint density at radius 3 is 0.961 bits per heavy atom. The molecule has 0 aliphatic carbocycles. The van der Waals surface area contributed by atoms with Crippen LogP contribution in [0.5, 0.6) is 5.75 Å². The monoisotopic (exact) mass is 1880 g/mol. The van der Waals surface area contributed by atoms with Crippen LogP contribution in [0, 0.1) is 66.6 Å². The Labute approximate surface area is 724 Å². The summed E-state index contributed by atoms with van der Waals surface area (Å²) >= 11 is 0. The Hall–Kier alpha value is -15.5. The van der Waals surface area contributed by atoms with Gasteiger partial charge in [-0.15, -0.1) is 60.7 Å². The number of hydrogen-bond donors (Lipinski definition) is 17. The van der Waals surface area contributed by atoms with Gasteiger partial charge >= 0.3 is 96.0 Å². The Morgan fingerprint density at radius 2 is 0.620 bits per heavy atom. The van der Waals surface area contributed by atoms with Crippen LogP contribution in [0.1, 0.15) is 147 Å². The maximum atomic E-state index is 11.8. The maximum Gasteiger partial charge on any atom is 0.407 e. The van der Waals surface area contributed by atoms with Crippen LogP contribution in [-0.2, 0) is 121 Å². The van der Waals surface area contributed by atoms with E-state index in [2.05, 4.69) is 53.9 Å². The molecule has 6 unspecified atom stereocenters. The van der Waals surface area contributed by atoms with Gasteiger partial charge in [-0.25, -0.2) is 38.4 Å². The summed E-state index contributed by atoms with van der Waals surface area (Å²) in [6.45, 7) is -1.01. The molecule has 0 saturated carbocycles. The van der Waals surface area contributed by atoms with Gasteiger partial charge < -0.3 is 146 Å². The zero-order valence-electron chi connectivity index (χ0n) is 68.1. The Bertz CT molecular complexity index is 3670. The highest BCUT2D eigenvalue weighted by Crippen LogP contribution is 2.18. The molecule has 64 heteroatoms. The van der Waals surface area contributed by atoms with Gasteiger partial charge in [0.25, 0.3) is 30.5 Å². The van der Waals surface area contributed by atoms with Crippen molar-refractivity contribution in [2.75, 3.05) is 85.8 Å². The van der Waals surface area contributed by atoms with E-state index in [0.29, 0.717) is 57.8 Å². The lowest BCUT2D eigenvalue weighted by Gasteiger charge is -2.13. The number of nitrogens with zero attached hydrogens (tertiary/aromatic N) is 6. The highest BCUT2D eigenvalue weighted by atomic mass is 17.0. The predicted octanol–water partition coefficient (Wildman–Crippen LogP) is 0.285. The minimum atomic E-state index is -1.39. The molecule has 1 aromatic rings. The Balaban J connectivity index is -0.000000479. The maximum absolute atomic E-state index is 11.8. The number of hydrogen-bond acceptors (Lipinski definition) is 42. The lowest BCUT2D eigenvalue weighted by atomic mass is 10.00. The third-order valence-electron chi connectivity index (χ3n) is 14.2. The second-order valence-electron chi connectivity index (χ2n) is 24.4. The van der Waals surface area contributed by atoms with Crippen LogP contribution >= 0.6 is 0 Å². The molecule has 0 bridgehead atoms. The molecule has 18 N–H and O–H groups in total. The number of alkyl carbamates (subject to hydrolysis) is 4. The summed E-state index contributed by atoms with van der Waals surface area (Å²) in [5.41, 5.74) is 6.15. The molecule has 0 aromatic heterocycles. The van der Waals surface area contributed by atoms with Crippen LogP contribution in [0.2, 0.25) is 0 Å². The number of carboxylic acid groups (broad SMARTS) is 11. The normalized spacial score (nSPS) is 11.3. The summed E-state index contributed by atoms with van der Waals surface area (Å²) in [4.78, 5) is 268. The molecule has 0 aliphatic heterocycles. The molecule has 0 fully saturated rings. The van der Waals surface area contributed by atoms with Crippen molar-refractivity contribution in [1.82, 2.24) is 26.6 Å². The van der Waals surface area contributed by atoms with Crippen LogP contribution in [0.25, 0.3) is 0 Å². The van der Waals surface area contributed by atoms with E-state index in [1.54, 1.807) is 12.1 Å². The number of benzene rings is 1. The number of aliphatic carboxylic acids is 11. The van der Waals surface area contributed by atoms with Crippen molar-refractivity contribution in [2.24, 2.45) is 11.7 Å². The molecule has 0 aliphatic rings. The molecule has 0 spiro atoms. The zero-order chi connectivity index (χ0) is 99.2. The van der Waals surface area contributed by atoms with Crippen molar-refractivity contribution in [3.63, 3.8) is 0 Å². The van der Waals surface area contributed by atoms with Crippen molar-refractivity contribution in [2.45, 2.75) is 178 Å². The minimum Gasteiger partial charge on any atom is -0.481 e. The number of nitrogens with one attached hydrogen (secondary N) is 5. The highest BCUT2D eigenvalue weighted by molar-refractivity contribution is 5.86. The summed E-state index contributed by atoms with van der Waals surface area (Å²) in [5.74, 6) is -16.0. The molecule has 1 aromatic carbocycles. The lowest BCUT2D eigenvalue weighted by molar-refractivity contribution is -0.758.